The van der Waals surface area contributed by atoms with E-state index in [2.05, 4.69) is 0 Å². The lowest BCUT2D eigenvalue weighted by Crippen LogP contribution is -2.35. The third-order valence-corrected chi connectivity index (χ3v) is 5.99. The van der Waals surface area contributed by atoms with Gasteiger partial charge in [0.25, 0.3) is 0 Å². The van der Waals surface area contributed by atoms with Crippen LogP contribution in [0.25, 0.3) is 0 Å². The Hall–Kier alpha value is -2.34. The first-order valence-corrected chi connectivity index (χ1v) is 9.61. The van der Waals surface area contributed by atoms with Crippen LogP contribution >= 0.6 is 0 Å². The smallest absolute Gasteiger partial charge is 0.230 e. The predicted molar refractivity (Wildman–Crippen MR) is 98.8 cm³/mol. The lowest BCUT2D eigenvalue weighted by Gasteiger charge is -2.21. The molecular formula is C19H23NO4S. The van der Waals surface area contributed by atoms with E-state index in [9.17, 15) is 13.2 Å². The molecule has 25 heavy (non-hydrogen) atoms. The van der Waals surface area contributed by atoms with E-state index in [1.165, 1.54) is 24.1 Å². The summed E-state index contributed by atoms with van der Waals surface area (Å²) in [5, 5.41) is 0. The van der Waals surface area contributed by atoms with Crippen molar-refractivity contribution in [3.05, 3.63) is 54.1 Å². The van der Waals surface area contributed by atoms with Gasteiger partial charge < -0.3 is 9.64 Å². The van der Waals surface area contributed by atoms with Gasteiger partial charge in [0.2, 0.25) is 5.91 Å². The molecule has 1 amide bonds. The van der Waals surface area contributed by atoms with E-state index in [1.54, 1.807) is 26.1 Å². The molecule has 0 spiro atoms. The average Bonchev–Trinajstić information content (AvgIpc) is 2.60. The summed E-state index contributed by atoms with van der Waals surface area (Å²) in [4.78, 5) is 14.3. The molecule has 0 fully saturated rings. The number of hydrogen-bond donors (Lipinski definition) is 0. The Kier molecular flexibility index (Phi) is 5.85. The second-order valence-electron chi connectivity index (χ2n) is 6.09. The summed E-state index contributed by atoms with van der Waals surface area (Å²) in [6, 6.07) is 13.7. The van der Waals surface area contributed by atoms with Crippen LogP contribution in [0.3, 0.4) is 0 Å². The highest BCUT2D eigenvalue weighted by molar-refractivity contribution is 7.91. The molecule has 0 heterocycles. The molecule has 0 radical (unpaired) electrons. The summed E-state index contributed by atoms with van der Waals surface area (Å²) in [5.74, 6) is -0.546. The first-order chi connectivity index (χ1) is 11.7. The molecule has 0 bridgehead atoms. The fraction of sp³-hybridized carbons (Fsp3) is 0.316. The molecule has 0 aliphatic rings. The molecule has 0 aromatic heterocycles. The number of anilines is 1. The van der Waals surface area contributed by atoms with Crippen molar-refractivity contribution in [1.82, 2.24) is 0 Å². The molecule has 2 aromatic rings. The van der Waals surface area contributed by atoms with E-state index in [0.29, 0.717) is 5.75 Å². The molecule has 134 valence electrons. The first kappa shape index (κ1) is 19.0. The zero-order valence-corrected chi connectivity index (χ0v) is 15.7. The number of rotatable bonds is 6. The Morgan fingerprint density at radius 2 is 1.64 bits per heavy atom. The van der Waals surface area contributed by atoms with Crippen molar-refractivity contribution < 1.29 is 17.9 Å². The second kappa shape index (κ2) is 7.70. The molecule has 2 rings (SSSR count). The minimum absolute atomic E-state index is 0.186. The van der Waals surface area contributed by atoms with Gasteiger partial charge in [-0.25, -0.2) is 8.42 Å². The molecule has 1 atom stereocenters. The van der Waals surface area contributed by atoms with Crippen LogP contribution in [-0.4, -0.2) is 34.2 Å². The van der Waals surface area contributed by atoms with E-state index < -0.39 is 15.8 Å². The van der Waals surface area contributed by atoms with Crippen molar-refractivity contribution in [3.63, 3.8) is 0 Å². The number of amides is 1. The number of ether oxygens (including phenoxy) is 1. The van der Waals surface area contributed by atoms with Crippen LogP contribution in [-0.2, 0) is 14.6 Å². The highest BCUT2D eigenvalue weighted by Gasteiger charge is 2.26. The number of sulfone groups is 1. The van der Waals surface area contributed by atoms with E-state index >= 15 is 0 Å². The van der Waals surface area contributed by atoms with E-state index in [0.717, 1.165) is 11.3 Å². The maximum Gasteiger partial charge on any atom is 0.230 e. The van der Waals surface area contributed by atoms with E-state index in [4.69, 9.17) is 4.74 Å². The number of carbonyl (C=O) groups excluding carboxylic acids is 1. The quantitative estimate of drug-likeness (QED) is 0.793. The Balaban J connectivity index is 2.12. The van der Waals surface area contributed by atoms with Crippen molar-refractivity contribution in [2.24, 2.45) is 5.92 Å². The maximum atomic E-state index is 12.6. The first-order valence-electron chi connectivity index (χ1n) is 7.95. The Bertz CT molecular complexity index is 827. The summed E-state index contributed by atoms with van der Waals surface area (Å²) in [6.07, 6.45) is 0. The summed E-state index contributed by atoms with van der Waals surface area (Å²) < 4.78 is 30.1. The number of hydrogen-bond acceptors (Lipinski definition) is 4. The van der Waals surface area contributed by atoms with Crippen LogP contribution in [0.5, 0.6) is 5.75 Å². The highest BCUT2D eigenvalue weighted by Crippen LogP contribution is 2.21. The third-order valence-electron chi connectivity index (χ3n) is 4.06. The molecule has 5 nitrogen and oxygen atoms in total. The summed E-state index contributed by atoms with van der Waals surface area (Å²) in [6.45, 7) is 3.60. The zero-order chi connectivity index (χ0) is 18.6. The topological polar surface area (TPSA) is 63.7 Å². The Morgan fingerprint density at radius 3 is 2.16 bits per heavy atom. The van der Waals surface area contributed by atoms with Crippen molar-refractivity contribution in [3.8, 4) is 5.75 Å². The van der Waals surface area contributed by atoms with E-state index in [-0.39, 0.29) is 16.6 Å². The fourth-order valence-corrected chi connectivity index (χ4v) is 4.05. The molecule has 1 unspecified atom stereocenters. The Labute approximate surface area is 149 Å². The highest BCUT2D eigenvalue weighted by atomic mass is 32.2. The average molecular weight is 361 g/mol. The zero-order valence-electron chi connectivity index (χ0n) is 14.9. The van der Waals surface area contributed by atoms with Gasteiger partial charge in [-0.05, 0) is 43.3 Å². The summed E-state index contributed by atoms with van der Waals surface area (Å²) in [5.41, 5.74) is 1.84. The maximum absolute atomic E-state index is 12.6. The van der Waals surface area contributed by atoms with Crippen LogP contribution in [0.4, 0.5) is 5.69 Å². The van der Waals surface area contributed by atoms with Crippen LogP contribution in [0.15, 0.2) is 53.4 Å². The number of aryl methyl sites for hydroxylation is 1. The van der Waals surface area contributed by atoms with E-state index in [1.807, 2.05) is 31.2 Å². The number of nitrogens with zero attached hydrogens (tertiary/aromatic N) is 1. The second-order valence-corrected chi connectivity index (χ2v) is 8.13. The number of methoxy groups -OCH3 is 1. The largest absolute Gasteiger partial charge is 0.497 e. The molecule has 0 saturated carbocycles. The summed E-state index contributed by atoms with van der Waals surface area (Å²) in [7, 11) is -0.380. The monoisotopic (exact) mass is 361 g/mol. The van der Waals surface area contributed by atoms with Gasteiger partial charge in [-0.1, -0.05) is 24.6 Å². The van der Waals surface area contributed by atoms with Gasteiger partial charge in [0.05, 0.1) is 17.8 Å². The molecular weight excluding hydrogens is 338 g/mol. The minimum Gasteiger partial charge on any atom is -0.497 e. The molecule has 0 aliphatic carbocycles. The van der Waals surface area contributed by atoms with Gasteiger partial charge in [0.1, 0.15) is 5.75 Å². The Morgan fingerprint density at radius 1 is 1.08 bits per heavy atom. The summed E-state index contributed by atoms with van der Waals surface area (Å²) >= 11 is 0. The van der Waals surface area contributed by atoms with Crippen molar-refractivity contribution in [2.45, 2.75) is 18.7 Å². The lowest BCUT2D eigenvalue weighted by atomic mass is 10.1. The van der Waals surface area contributed by atoms with Gasteiger partial charge in [-0.2, -0.15) is 0 Å². The van der Waals surface area contributed by atoms with Gasteiger partial charge in [0.15, 0.2) is 9.84 Å². The standard InChI is InChI=1S/C19H23NO4S/c1-14-5-7-16(8-6-14)20(3)19(21)15(2)13-25(22,23)18-11-9-17(24-4)10-12-18/h5-12,15H,13H2,1-4H3. The minimum atomic E-state index is -3.55. The predicted octanol–water partition coefficient (Wildman–Crippen LogP) is 3.08. The molecule has 0 aliphatic heterocycles. The van der Waals surface area contributed by atoms with Crippen LogP contribution in [0.2, 0.25) is 0 Å². The molecule has 6 heteroatoms. The molecule has 0 N–H and O–H groups in total. The number of carbonyl (C=O) groups is 1. The van der Waals surface area contributed by atoms with Crippen molar-refractivity contribution in [1.29, 1.82) is 0 Å². The van der Waals surface area contributed by atoms with Gasteiger partial charge >= 0.3 is 0 Å². The number of benzene rings is 2. The lowest BCUT2D eigenvalue weighted by molar-refractivity contribution is -0.121. The van der Waals surface area contributed by atoms with Crippen LogP contribution < -0.4 is 9.64 Å². The van der Waals surface area contributed by atoms with Crippen molar-refractivity contribution in [2.75, 3.05) is 24.8 Å². The fourth-order valence-electron chi connectivity index (χ4n) is 2.51. The SMILES string of the molecule is COc1ccc(S(=O)(=O)CC(C)C(=O)N(C)c2ccc(C)cc2)cc1. The third kappa shape index (κ3) is 4.60. The van der Waals surface area contributed by atoms with Crippen molar-refractivity contribution >= 4 is 21.4 Å². The van der Waals surface area contributed by atoms with Gasteiger partial charge in [0, 0.05) is 18.7 Å². The molecule has 2 aromatic carbocycles. The molecule has 0 saturated heterocycles. The van der Waals surface area contributed by atoms with Gasteiger partial charge in [-0.15, -0.1) is 0 Å². The normalized spacial score (nSPS) is 12.5. The van der Waals surface area contributed by atoms with Gasteiger partial charge in [-0.3, -0.25) is 4.79 Å². The van der Waals surface area contributed by atoms with Crippen LogP contribution in [0.1, 0.15) is 12.5 Å². The van der Waals surface area contributed by atoms with Crippen LogP contribution in [0, 0.1) is 12.8 Å².